The minimum atomic E-state index is -0.546. The molecule has 3 rings (SSSR count). The van der Waals surface area contributed by atoms with E-state index in [4.69, 9.17) is 27.9 Å². The highest BCUT2D eigenvalue weighted by molar-refractivity contribution is 6.35. The molecule has 0 spiro atoms. The van der Waals surface area contributed by atoms with Gasteiger partial charge < -0.3 is 19.5 Å². The first-order valence-corrected chi connectivity index (χ1v) is 9.98. The number of nitrogens with one attached hydrogen (secondary N) is 1. The Morgan fingerprint density at radius 3 is 2.55 bits per heavy atom. The van der Waals surface area contributed by atoms with Gasteiger partial charge in [-0.15, -0.1) is 0 Å². The second kappa shape index (κ2) is 9.33. The van der Waals surface area contributed by atoms with Gasteiger partial charge in [0, 0.05) is 31.4 Å². The summed E-state index contributed by atoms with van der Waals surface area (Å²) in [5.74, 6) is -0.399. The molecule has 1 aliphatic heterocycles. The number of aromatic nitrogens is 1. The summed E-state index contributed by atoms with van der Waals surface area (Å²) in [6, 6.07) is 6.05. The van der Waals surface area contributed by atoms with E-state index in [-0.39, 0.29) is 23.2 Å². The number of carbonyl (C=O) groups is 2. The van der Waals surface area contributed by atoms with Crippen LogP contribution >= 0.6 is 23.2 Å². The Morgan fingerprint density at radius 2 is 1.86 bits per heavy atom. The standard InChI is InChI=1S/C20H21Cl2N3O4/c1-24-11-13(19(27)25-7-3-2-4-8-25)9-16(20(24)28)23-18(26)12-29-17-6-5-14(21)10-15(17)22/h5-6,9-11H,2-4,7-8,12H2,1H3,(H,23,26). The number of ether oxygens (including phenoxy) is 1. The van der Waals surface area contributed by atoms with E-state index in [0.29, 0.717) is 29.4 Å². The molecule has 2 aromatic rings. The number of piperidine rings is 1. The molecule has 1 saturated heterocycles. The van der Waals surface area contributed by atoms with Crippen LogP contribution in [0.25, 0.3) is 0 Å². The molecule has 1 N–H and O–H groups in total. The number of hydrogen-bond donors (Lipinski definition) is 1. The van der Waals surface area contributed by atoms with Crippen molar-refractivity contribution in [2.24, 2.45) is 7.05 Å². The molecule has 0 aliphatic carbocycles. The number of rotatable bonds is 5. The molecule has 7 nitrogen and oxygen atoms in total. The largest absolute Gasteiger partial charge is 0.482 e. The summed E-state index contributed by atoms with van der Waals surface area (Å²) in [5, 5.41) is 3.24. The second-order valence-electron chi connectivity index (χ2n) is 6.82. The number of amides is 2. The first-order valence-electron chi connectivity index (χ1n) is 9.23. The molecule has 29 heavy (non-hydrogen) atoms. The van der Waals surface area contributed by atoms with Crippen molar-refractivity contribution < 1.29 is 14.3 Å². The van der Waals surface area contributed by atoms with Crippen molar-refractivity contribution in [3.63, 3.8) is 0 Å². The lowest BCUT2D eigenvalue weighted by molar-refractivity contribution is -0.118. The molecule has 154 valence electrons. The minimum Gasteiger partial charge on any atom is -0.482 e. The van der Waals surface area contributed by atoms with Crippen molar-refractivity contribution >= 4 is 40.7 Å². The summed E-state index contributed by atoms with van der Waals surface area (Å²) < 4.78 is 6.66. The summed E-state index contributed by atoms with van der Waals surface area (Å²) in [7, 11) is 1.54. The Labute approximate surface area is 178 Å². The van der Waals surface area contributed by atoms with Crippen molar-refractivity contribution in [2.45, 2.75) is 19.3 Å². The number of aryl methyl sites for hydroxylation is 1. The van der Waals surface area contributed by atoms with E-state index in [0.717, 1.165) is 19.3 Å². The number of carbonyl (C=O) groups excluding carboxylic acids is 2. The quantitative estimate of drug-likeness (QED) is 0.777. The van der Waals surface area contributed by atoms with Gasteiger partial charge in [0.1, 0.15) is 11.4 Å². The Balaban J connectivity index is 1.70. The first-order chi connectivity index (χ1) is 13.8. The predicted molar refractivity (Wildman–Crippen MR) is 112 cm³/mol. The van der Waals surface area contributed by atoms with Crippen LogP contribution in [0.1, 0.15) is 29.6 Å². The fourth-order valence-electron chi connectivity index (χ4n) is 3.12. The van der Waals surface area contributed by atoms with Gasteiger partial charge >= 0.3 is 0 Å². The number of pyridine rings is 1. The SMILES string of the molecule is Cn1cc(C(=O)N2CCCCC2)cc(NC(=O)COc2ccc(Cl)cc2Cl)c1=O. The van der Waals surface area contributed by atoms with E-state index in [1.54, 1.807) is 17.0 Å². The molecule has 0 bridgehead atoms. The molecular weight excluding hydrogens is 417 g/mol. The molecule has 0 unspecified atom stereocenters. The van der Waals surface area contributed by atoms with Gasteiger partial charge in [0.15, 0.2) is 6.61 Å². The summed E-state index contributed by atoms with van der Waals surface area (Å²) in [4.78, 5) is 39.1. The third-order valence-corrected chi connectivity index (χ3v) is 5.13. The maximum absolute atomic E-state index is 12.7. The average molecular weight is 438 g/mol. The van der Waals surface area contributed by atoms with Crippen molar-refractivity contribution in [1.29, 1.82) is 0 Å². The van der Waals surface area contributed by atoms with Crippen LogP contribution in [0.4, 0.5) is 5.69 Å². The molecular formula is C20H21Cl2N3O4. The Morgan fingerprint density at radius 1 is 1.14 bits per heavy atom. The lowest BCUT2D eigenvalue weighted by atomic mass is 10.1. The zero-order valence-electron chi connectivity index (χ0n) is 15.9. The van der Waals surface area contributed by atoms with Crippen molar-refractivity contribution in [3.8, 4) is 5.75 Å². The summed E-state index contributed by atoms with van der Waals surface area (Å²) in [6.45, 7) is 1.03. The second-order valence-corrected chi connectivity index (χ2v) is 7.67. The molecule has 1 aromatic carbocycles. The molecule has 2 heterocycles. The van der Waals surface area contributed by atoms with Gasteiger partial charge in [0.05, 0.1) is 10.6 Å². The fourth-order valence-corrected chi connectivity index (χ4v) is 3.58. The van der Waals surface area contributed by atoms with Crippen molar-refractivity contribution in [3.05, 3.63) is 56.4 Å². The molecule has 0 radical (unpaired) electrons. The van der Waals surface area contributed by atoms with E-state index >= 15 is 0 Å². The lowest BCUT2D eigenvalue weighted by Crippen LogP contribution is -2.36. The van der Waals surface area contributed by atoms with Crippen LogP contribution in [0, 0.1) is 0 Å². The van der Waals surface area contributed by atoms with Crippen LogP contribution < -0.4 is 15.6 Å². The Hall–Kier alpha value is -2.51. The summed E-state index contributed by atoms with van der Waals surface area (Å²) in [5.41, 5.74) is -0.0461. The smallest absolute Gasteiger partial charge is 0.274 e. The minimum absolute atomic E-state index is 0.0196. The van der Waals surface area contributed by atoms with E-state index < -0.39 is 11.5 Å². The number of anilines is 1. The highest BCUT2D eigenvalue weighted by atomic mass is 35.5. The molecule has 0 saturated carbocycles. The van der Waals surface area contributed by atoms with Crippen molar-refractivity contribution in [2.75, 3.05) is 25.0 Å². The van der Waals surface area contributed by atoms with Gasteiger partial charge in [-0.25, -0.2) is 0 Å². The molecule has 0 atom stereocenters. The van der Waals surface area contributed by atoms with Crippen molar-refractivity contribution in [1.82, 2.24) is 9.47 Å². The average Bonchev–Trinajstić information content (AvgIpc) is 2.70. The number of halogens is 2. The van der Waals surface area contributed by atoms with Crippen LogP contribution in [-0.4, -0.2) is 41.0 Å². The Kier molecular flexibility index (Phi) is 6.82. The van der Waals surface area contributed by atoms with E-state index in [1.165, 1.54) is 29.9 Å². The zero-order chi connectivity index (χ0) is 21.0. The van der Waals surface area contributed by atoms with Gasteiger partial charge in [-0.05, 0) is 43.5 Å². The fraction of sp³-hybridized carbons (Fsp3) is 0.350. The normalized spacial score (nSPS) is 13.8. The number of benzene rings is 1. The maximum atomic E-state index is 12.7. The van der Waals surface area contributed by atoms with Gasteiger partial charge in [-0.3, -0.25) is 14.4 Å². The zero-order valence-corrected chi connectivity index (χ0v) is 17.4. The van der Waals surface area contributed by atoms with Crippen LogP contribution in [0.3, 0.4) is 0 Å². The Bertz CT molecular complexity index is 984. The highest BCUT2D eigenvalue weighted by Gasteiger charge is 2.20. The van der Waals surface area contributed by atoms with Crippen LogP contribution in [0.5, 0.6) is 5.75 Å². The summed E-state index contributed by atoms with van der Waals surface area (Å²) >= 11 is 11.8. The molecule has 1 fully saturated rings. The highest BCUT2D eigenvalue weighted by Crippen LogP contribution is 2.27. The van der Waals surface area contributed by atoms with E-state index in [2.05, 4.69) is 5.32 Å². The summed E-state index contributed by atoms with van der Waals surface area (Å²) in [6.07, 6.45) is 4.52. The van der Waals surface area contributed by atoms with E-state index in [9.17, 15) is 14.4 Å². The maximum Gasteiger partial charge on any atom is 0.274 e. The van der Waals surface area contributed by atoms with Gasteiger partial charge in [-0.1, -0.05) is 23.2 Å². The molecule has 2 amide bonds. The van der Waals surface area contributed by atoms with Gasteiger partial charge in [-0.2, -0.15) is 0 Å². The topological polar surface area (TPSA) is 80.6 Å². The third kappa shape index (κ3) is 5.31. The van der Waals surface area contributed by atoms with Gasteiger partial charge in [0.2, 0.25) is 0 Å². The van der Waals surface area contributed by atoms with Crippen LogP contribution in [0.15, 0.2) is 35.3 Å². The molecule has 1 aliphatic rings. The number of hydrogen-bond acceptors (Lipinski definition) is 4. The third-order valence-electron chi connectivity index (χ3n) is 4.60. The molecule has 1 aromatic heterocycles. The molecule has 9 heteroatoms. The van der Waals surface area contributed by atoms with E-state index in [1.807, 2.05) is 0 Å². The predicted octanol–water partition coefficient (Wildman–Crippen LogP) is 3.34. The van der Waals surface area contributed by atoms with Crippen LogP contribution in [-0.2, 0) is 11.8 Å². The van der Waals surface area contributed by atoms with Gasteiger partial charge in [0.25, 0.3) is 17.4 Å². The van der Waals surface area contributed by atoms with Crippen LogP contribution in [0.2, 0.25) is 10.0 Å². The number of likely N-dealkylation sites (tertiary alicyclic amines) is 1. The lowest BCUT2D eigenvalue weighted by Gasteiger charge is -2.27. The monoisotopic (exact) mass is 437 g/mol. The number of nitrogens with zero attached hydrogens (tertiary/aromatic N) is 2. The first kappa shape index (κ1) is 21.2.